The van der Waals surface area contributed by atoms with Gasteiger partial charge in [-0.15, -0.1) is 0 Å². The van der Waals surface area contributed by atoms with Gasteiger partial charge in [0, 0.05) is 12.2 Å². The van der Waals surface area contributed by atoms with Crippen molar-refractivity contribution in [3.05, 3.63) is 30.1 Å². The minimum atomic E-state index is -0.364. The quantitative estimate of drug-likeness (QED) is 0.791. The lowest BCUT2D eigenvalue weighted by Gasteiger charge is -2.09. The Morgan fingerprint density at radius 2 is 2.20 bits per heavy atom. The number of nitrogens with one attached hydrogen (secondary N) is 2. The van der Waals surface area contributed by atoms with E-state index in [-0.39, 0.29) is 11.8 Å². The number of hydrogen-bond acceptors (Lipinski definition) is 1. The van der Waals surface area contributed by atoms with Crippen molar-refractivity contribution in [3.63, 3.8) is 0 Å². The number of carbonyl (C=O) groups excluding carboxylic acids is 1. The molecule has 0 atom stereocenters. The maximum absolute atomic E-state index is 12.8. The van der Waals surface area contributed by atoms with Crippen LogP contribution >= 0.6 is 0 Å². The SMILES string of the molecule is CC(C)CNC(=O)Nc1cccc(F)c1. The van der Waals surface area contributed by atoms with E-state index in [2.05, 4.69) is 10.6 Å². The van der Waals surface area contributed by atoms with Crippen molar-refractivity contribution in [1.29, 1.82) is 0 Å². The second kappa shape index (κ2) is 5.34. The molecular weight excluding hydrogens is 195 g/mol. The first-order chi connectivity index (χ1) is 7.08. The first kappa shape index (κ1) is 11.5. The first-order valence-electron chi connectivity index (χ1n) is 4.88. The number of benzene rings is 1. The van der Waals surface area contributed by atoms with Crippen molar-refractivity contribution in [2.75, 3.05) is 11.9 Å². The average Bonchev–Trinajstić information content (AvgIpc) is 2.15. The smallest absolute Gasteiger partial charge is 0.319 e. The van der Waals surface area contributed by atoms with E-state index in [4.69, 9.17) is 0 Å². The van der Waals surface area contributed by atoms with Crippen molar-refractivity contribution >= 4 is 11.7 Å². The highest BCUT2D eigenvalue weighted by Gasteiger charge is 2.02. The zero-order valence-electron chi connectivity index (χ0n) is 8.88. The highest BCUT2D eigenvalue weighted by molar-refractivity contribution is 5.89. The van der Waals surface area contributed by atoms with Crippen LogP contribution in [-0.2, 0) is 0 Å². The predicted octanol–water partition coefficient (Wildman–Crippen LogP) is 2.60. The molecule has 82 valence electrons. The van der Waals surface area contributed by atoms with Crippen LogP contribution in [0.3, 0.4) is 0 Å². The molecule has 15 heavy (non-hydrogen) atoms. The Bertz CT molecular complexity index is 339. The number of hydrogen-bond donors (Lipinski definition) is 2. The van der Waals surface area contributed by atoms with Gasteiger partial charge in [0.15, 0.2) is 0 Å². The fourth-order valence-corrected chi connectivity index (χ4v) is 1.04. The van der Waals surface area contributed by atoms with Gasteiger partial charge >= 0.3 is 6.03 Å². The van der Waals surface area contributed by atoms with E-state index < -0.39 is 0 Å². The topological polar surface area (TPSA) is 41.1 Å². The Morgan fingerprint density at radius 1 is 1.47 bits per heavy atom. The van der Waals surface area contributed by atoms with Crippen LogP contribution in [-0.4, -0.2) is 12.6 Å². The van der Waals surface area contributed by atoms with E-state index in [0.717, 1.165) is 0 Å². The molecule has 0 saturated carbocycles. The zero-order chi connectivity index (χ0) is 11.3. The highest BCUT2D eigenvalue weighted by Crippen LogP contribution is 2.08. The number of anilines is 1. The van der Waals surface area contributed by atoms with Gasteiger partial charge in [0.2, 0.25) is 0 Å². The van der Waals surface area contributed by atoms with Gasteiger partial charge in [0.05, 0.1) is 0 Å². The van der Waals surface area contributed by atoms with Crippen LogP contribution in [0.1, 0.15) is 13.8 Å². The van der Waals surface area contributed by atoms with Gasteiger partial charge < -0.3 is 10.6 Å². The highest BCUT2D eigenvalue weighted by atomic mass is 19.1. The summed E-state index contributed by atoms with van der Waals surface area (Å²) in [6.45, 7) is 4.60. The molecule has 0 aromatic heterocycles. The monoisotopic (exact) mass is 210 g/mol. The second-order valence-electron chi connectivity index (χ2n) is 3.74. The number of rotatable bonds is 3. The third-order valence-corrected chi connectivity index (χ3v) is 1.75. The molecule has 4 heteroatoms. The summed E-state index contributed by atoms with van der Waals surface area (Å²) in [6.07, 6.45) is 0. The number of amides is 2. The summed E-state index contributed by atoms with van der Waals surface area (Å²) in [5.74, 6) is 0.0277. The summed E-state index contributed by atoms with van der Waals surface area (Å²) in [6, 6.07) is 5.48. The summed E-state index contributed by atoms with van der Waals surface area (Å²) in [5, 5.41) is 5.23. The zero-order valence-corrected chi connectivity index (χ0v) is 8.88. The molecule has 1 aromatic rings. The van der Waals surface area contributed by atoms with Gasteiger partial charge in [-0.1, -0.05) is 19.9 Å². The van der Waals surface area contributed by atoms with Crippen molar-refractivity contribution in [2.45, 2.75) is 13.8 Å². The number of urea groups is 1. The summed E-state index contributed by atoms with van der Waals surface area (Å²) in [5.41, 5.74) is 0.455. The van der Waals surface area contributed by atoms with Gasteiger partial charge in [-0.25, -0.2) is 9.18 Å². The minimum absolute atomic E-state index is 0.311. The van der Waals surface area contributed by atoms with Gasteiger partial charge in [-0.2, -0.15) is 0 Å². The van der Waals surface area contributed by atoms with Crippen LogP contribution in [0.15, 0.2) is 24.3 Å². The normalized spacial score (nSPS) is 10.1. The molecule has 1 rings (SSSR count). The van der Waals surface area contributed by atoms with Gasteiger partial charge in [-0.3, -0.25) is 0 Å². The third kappa shape index (κ3) is 4.44. The third-order valence-electron chi connectivity index (χ3n) is 1.75. The van der Waals surface area contributed by atoms with Crippen LogP contribution < -0.4 is 10.6 Å². The summed E-state index contributed by atoms with van der Waals surface area (Å²) >= 11 is 0. The fourth-order valence-electron chi connectivity index (χ4n) is 1.04. The summed E-state index contributed by atoms with van der Waals surface area (Å²) in [7, 11) is 0. The van der Waals surface area contributed by atoms with Crippen molar-refractivity contribution in [1.82, 2.24) is 5.32 Å². The number of halogens is 1. The van der Waals surface area contributed by atoms with E-state index in [9.17, 15) is 9.18 Å². The van der Waals surface area contributed by atoms with Crippen molar-refractivity contribution in [3.8, 4) is 0 Å². The molecule has 2 N–H and O–H groups in total. The molecule has 0 saturated heterocycles. The Balaban J connectivity index is 2.44. The maximum atomic E-state index is 12.8. The standard InChI is InChI=1S/C11H15FN2O/c1-8(2)7-13-11(15)14-10-5-3-4-9(12)6-10/h3-6,8H,7H2,1-2H3,(H2,13,14,15). The Kier molecular flexibility index (Phi) is 4.09. The van der Waals surface area contributed by atoms with E-state index >= 15 is 0 Å². The largest absolute Gasteiger partial charge is 0.338 e. The minimum Gasteiger partial charge on any atom is -0.338 e. The van der Waals surface area contributed by atoms with E-state index in [0.29, 0.717) is 18.2 Å². The Morgan fingerprint density at radius 3 is 2.80 bits per heavy atom. The van der Waals surface area contributed by atoms with Crippen LogP contribution in [0.25, 0.3) is 0 Å². The van der Waals surface area contributed by atoms with Crippen molar-refractivity contribution < 1.29 is 9.18 Å². The van der Waals surface area contributed by atoms with Crippen LogP contribution in [0, 0.1) is 11.7 Å². The van der Waals surface area contributed by atoms with Gasteiger partial charge in [0.25, 0.3) is 0 Å². The summed E-state index contributed by atoms with van der Waals surface area (Å²) in [4.78, 5) is 11.3. The van der Waals surface area contributed by atoms with E-state index in [1.165, 1.54) is 12.1 Å². The maximum Gasteiger partial charge on any atom is 0.319 e. The molecule has 0 bridgehead atoms. The Labute approximate surface area is 88.7 Å². The molecule has 3 nitrogen and oxygen atoms in total. The van der Waals surface area contributed by atoms with Gasteiger partial charge in [-0.05, 0) is 24.1 Å². The lowest BCUT2D eigenvalue weighted by atomic mass is 10.2. The molecular formula is C11H15FN2O. The predicted molar refractivity (Wildman–Crippen MR) is 58.3 cm³/mol. The van der Waals surface area contributed by atoms with Crippen LogP contribution in [0.4, 0.5) is 14.9 Å². The van der Waals surface area contributed by atoms with Gasteiger partial charge in [0.1, 0.15) is 5.82 Å². The Hall–Kier alpha value is -1.58. The van der Waals surface area contributed by atoms with E-state index in [1.807, 2.05) is 13.8 Å². The molecule has 0 heterocycles. The lowest BCUT2D eigenvalue weighted by molar-refractivity contribution is 0.251. The first-order valence-corrected chi connectivity index (χ1v) is 4.88. The van der Waals surface area contributed by atoms with Crippen LogP contribution in [0.2, 0.25) is 0 Å². The summed E-state index contributed by atoms with van der Waals surface area (Å²) < 4.78 is 12.8. The fraction of sp³-hybridized carbons (Fsp3) is 0.364. The molecule has 1 aromatic carbocycles. The number of carbonyl (C=O) groups is 1. The molecule has 2 amide bonds. The van der Waals surface area contributed by atoms with Crippen LogP contribution in [0.5, 0.6) is 0 Å². The molecule has 0 fully saturated rings. The van der Waals surface area contributed by atoms with E-state index in [1.54, 1.807) is 12.1 Å². The lowest BCUT2D eigenvalue weighted by Crippen LogP contribution is -2.31. The average molecular weight is 210 g/mol. The molecule has 0 aliphatic heterocycles. The molecule has 0 aliphatic rings. The van der Waals surface area contributed by atoms with Crippen molar-refractivity contribution in [2.24, 2.45) is 5.92 Å². The molecule has 0 radical (unpaired) electrons. The molecule has 0 aliphatic carbocycles. The molecule has 0 unspecified atom stereocenters. The second-order valence-corrected chi connectivity index (χ2v) is 3.74. The molecule has 0 spiro atoms.